The number of aromatic amines is 1. The highest BCUT2D eigenvalue weighted by atomic mass is 16.5. The number of hydrogen-bond acceptors (Lipinski definition) is 4. The fraction of sp³-hybridized carbons (Fsp3) is 0.500. The first-order valence-corrected chi connectivity index (χ1v) is 4.24. The van der Waals surface area contributed by atoms with Crippen LogP contribution in [0, 0.1) is 0 Å². The number of rotatable bonds is 1. The van der Waals surface area contributed by atoms with Crippen molar-refractivity contribution in [3.05, 3.63) is 22.6 Å². The Labute approximate surface area is 75.3 Å². The van der Waals surface area contributed by atoms with Crippen LogP contribution in [-0.2, 0) is 4.74 Å². The van der Waals surface area contributed by atoms with Crippen LogP contribution in [-0.4, -0.2) is 36.5 Å². The monoisotopic (exact) mass is 181 g/mol. The quantitative estimate of drug-likeness (QED) is 0.640. The number of H-pyrrole nitrogens is 1. The molecular formula is C8H11N3O2. The van der Waals surface area contributed by atoms with E-state index >= 15 is 0 Å². The summed E-state index contributed by atoms with van der Waals surface area (Å²) in [6.45, 7) is 2.91. The smallest absolute Gasteiger partial charge is 0.287 e. The van der Waals surface area contributed by atoms with E-state index in [4.69, 9.17) is 4.74 Å². The lowest BCUT2D eigenvalue weighted by Gasteiger charge is -2.27. The zero-order chi connectivity index (χ0) is 9.10. The molecule has 2 rings (SSSR count). The molecule has 2 heterocycles. The Morgan fingerprint density at radius 3 is 2.92 bits per heavy atom. The molecular weight excluding hydrogens is 170 g/mol. The lowest BCUT2D eigenvalue weighted by molar-refractivity contribution is 0.122. The molecule has 0 spiro atoms. The van der Waals surface area contributed by atoms with Crippen LogP contribution < -0.4 is 10.5 Å². The Kier molecular flexibility index (Phi) is 2.27. The molecule has 1 N–H and O–H groups in total. The van der Waals surface area contributed by atoms with Gasteiger partial charge in [-0.1, -0.05) is 0 Å². The molecule has 5 nitrogen and oxygen atoms in total. The molecule has 1 aliphatic rings. The second-order valence-electron chi connectivity index (χ2n) is 2.87. The zero-order valence-corrected chi connectivity index (χ0v) is 7.19. The van der Waals surface area contributed by atoms with Gasteiger partial charge in [0.2, 0.25) is 0 Å². The Balaban J connectivity index is 2.24. The second kappa shape index (κ2) is 3.57. The highest BCUT2D eigenvalue weighted by molar-refractivity contribution is 5.42. The number of nitrogens with one attached hydrogen (secondary N) is 1. The van der Waals surface area contributed by atoms with Gasteiger partial charge in [-0.3, -0.25) is 4.79 Å². The molecule has 1 saturated heterocycles. The second-order valence-corrected chi connectivity index (χ2v) is 2.87. The molecule has 13 heavy (non-hydrogen) atoms. The minimum absolute atomic E-state index is 0.135. The van der Waals surface area contributed by atoms with Gasteiger partial charge in [-0.25, -0.2) is 5.10 Å². The van der Waals surface area contributed by atoms with E-state index in [1.807, 2.05) is 4.90 Å². The number of anilines is 1. The van der Waals surface area contributed by atoms with Crippen LogP contribution in [0.1, 0.15) is 0 Å². The van der Waals surface area contributed by atoms with Gasteiger partial charge in [-0.2, -0.15) is 5.10 Å². The van der Waals surface area contributed by atoms with Crippen LogP contribution >= 0.6 is 0 Å². The Bertz CT molecular complexity index is 330. The van der Waals surface area contributed by atoms with Crippen molar-refractivity contribution in [2.75, 3.05) is 31.2 Å². The summed E-state index contributed by atoms with van der Waals surface area (Å²) in [6, 6.07) is 1.73. The van der Waals surface area contributed by atoms with Crippen molar-refractivity contribution in [1.82, 2.24) is 10.2 Å². The van der Waals surface area contributed by atoms with Crippen molar-refractivity contribution >= 4 is 5.69 Å². The third kappa shape index (κ3) is 1.70. The van der Waals surface area contributed by atoms with E-state index < -0.39 is 0 Å². The van der Waals surface area contributed by atoms with Crippen molar-refractivity contribution < 1.29 is 4.74 Å². The van der Waals surface area contributed by atoms with Crippen LogP contribution in [0.15, 0.2) is 17.1 Å². The first-order valence-electron chi connectivity index (χ1n) is 4.24. The maximum absolute atomic E-state index is 11.3. The SMILES string of the molecule is O=c1[nH]nccc1N1CCOCC1. The largest absolute Gasteiger partial charge is 0.378 e. The van der Waals surface area contributed by atoms with E-state index in [1.165, 1.54) is 0 Å². The van der Waals surface area contributed by atoms with Gasteiger partial charge in [0.05, 0.1) is 13.2 Å². The van der Waals surface area contributed by atoms with Gasteiger partial charge in [0.1, 0.15) is 5.69 Å². The summed E-state index contributed by atoms with van der Waals surface area (Å²) < 4.78 is 5.19. The first-order chi connectivity index (χ1) is 6.38. The van der Waals surface area contributed by atoms with Crippen LogP contribution in [0.4, 0.5) is 5.69 Å². The Hall–Kier alpha value is -1.36. The minimum Gasteiger partial charge on any atom is -0.378 e. The van der Waals surface area contributed by atoms with Crippen molar-refractivity contribution in [3.63, 3.8) is 0 Å². The fourth-order valence-corrected chi connectivity index (χ4v) is 1.39. The summed E-state index contributed by atoms with van der Waals surface area (Å²) in [5.41, 5.74) is 0.544. The number of nitrogens with zero attached hydrogens (tertiary/aromatic N) is 2. The predicted molar refractivity (Wildman–Crippen MR) is 47.9 cm³/mol. The maximum atomic E-state index is 11.3. The first kappa shape index (κ1) is 8.25. The molecule has 0 aromatic carbocycles. The third-order valence-electron chi connectivity index (χ3n) is 2.06. The topological polar surface area (TPSA) is 58.2 Å². The standard InChI is InChI=1S/C8H11N3O2/c12-8-7(1-2-9-10-8)11-3-5-13-6-4-11/h1-2H,3-6H2,(H,10,12). The molecule has 0 saturated carbocycles. The van der Waals surface area contributed by atoms with E-state index in [-0.39, 0.29) is 5.56 Å². The molecule has 70 valence electrons. The van der Waals surface area contributed by atoms with Crippen molar-refractivity contribution in [1.29, 1.82) is 0 Å². The van der Waals surface area contributed by atoms with E-state index in [2.05, 4.69) is 10.2 Å². The highest BCUT2D eigenvalue weighted by Gasteiger charge is 2.13. The van der Waals surface area contributed by atoms with Gasteiger partial charge in [-0.15, -0.1) is 0 Å². The molecule has 0 atom stereocenters. The molecule has 0 unspecified atom stereocenters. The predicted octanol–water partition coefficient (Wildman–Crippen LogP) is -0.394. The summed E-state index contributed by atoms with van der Waals surface area (Å²) in [6.07, 6.45) is 1.59. The molecule has 0 aliphatic carbocycles. The molecule has 1 aliphatic heterocycles. The highest BCUT2D eigenvalue weighted by Crippen LogP contribution is 2.07. The molecule has 0 radical (unpaired) electrons. The van der Waals surface area contributed by atoms with Gasteiger partial charge in [0.25, 0.3) is 5.56 Å². The summed E-state index contributed by atoms with van der Waals surface area (Å²) in [7, 11) is 0. The van der Waals surface area contributed by atoms with Gasteiger partial charge >= 0.3 is 0 Å². The van der Waals surface area contributed by atoms with Gasteiger partial charge in [-0.05, 0) is 6.07 Å². The zero-order valence-electron chi connectivity index (χ0n) is 7.19. The normalized spacial score (nSPS) is 17.4. The average molecular weight is 181 g/mol. The van der Waals surface area contributed by atoms with Gasteiger partial charge in [0, 0.05) is 19.3 Å². The van der Waals surface area contributed by atoms with Gasteiger partial charge < -0.3 is 9.64 Å². The molecule has 1 aromatic rings. The van der Waals surface area contributed by atoms with Crippen LogP contribution in [0.5, 0.6) is 0 Å². The summed E-state index contributed by atoms with van der Waals surface area (Å²) in [5, 5.41) is 6.05. The van der Waals surface area contributed by atoms with Crippen molar-refractivity contribution in [2.45, 2.75) is 0 Å². The van der Waals surface area contributed by atoms with Crippen LogP contribution in [0.2, 0.25) is 0 Å². The van der Waals surface area contributed by atoms with Crippen LogP contribution in [0.3, 0.4) is 0 Å². The van der Waals surface area contributed by atoms with E-state index in [0.29, 0.717) is 18.9 Å². The van der Waals surface area contributed by atoms with E-state index in [9.17, 15) is 4.79 Å². The summed E-state index contributed by atoms with van der Waals surface area (Å²) in [5.74, 6) is 0. The Morgan fingerprint density at radius 2 is 2.23 bits per heavy atom. The molecule has 0 amide bonds. The maximum Gasteiger partial charge on any atom is 0.287 e. The lowest BCUT2D eigenvalue weighted by atomic mass is 10.3. The van der Waals surface area contributed by atoms with Crippen molar-refractivity contribution in [2.24, 2.45) is 0 Å². The van der Waals surface area contributed by atoms with E-state index in [0.717, 1.165) is 13.1 Å². The third-order valence-corrected chi connectivity index (χ3v) is 2.06. The molecule has 1 fully saturated rings. The van der Waals surface area contributed by atoms with Crippen LogP contribution in [0.25, 0.3) is 0 Å². The number of ether oxygens (including phenoxy) is 1. The number of morpholine rings is 1. The number of hydrogen-bond donors (Lipinski definition) is 1. The summed E-state index contributed by atoms with van der Waals surface area (Å²) in [4.78, 5) is 13.3. The van der Waals surface area contributed by atoms with Gasteiger partial charge in [0.15, 0.2) is 0 Å². The minimum atomic E-state index is -0.135. The van der Waals surface area contributed by atoms with E-state index in [1.54, 1.807) is 12.3 Å². The molecule has 0 bridgehead atoms. The van der Waals surface area contributed by atoms with Crippen molar-refractivity contribution in [3.8, 4) is 0 Å². The molecule has 1 aromatic heterocycles. The lowest BCUT2D eigenvalue weighted by Crippen LogP contribution is -2.39. The number of aromatic nitrogens is 2. The fourth-order valence-electron chi connectivity index (χ4n) is 1.39. The Morgan fingerprint density at radius 1 is 1.46 bits per heavy atom. The summed E-state index contributed by atoms with van der Waals surface area (Å²) >= 11 is 0. The molecule has 5 heteroatoms. The average Bonchev–Trinajstić information content (AvgIpc) is 2.20.